The van der Waals surface area contributed by atoms with Crippen molar-refractivity contribution in [2.45, 2.75) is 9.79 Å². The quantitative estimate of drug-likeness (QED) is 0.150. The highest BCUT2D eigenvalue weighted by Gasteiger charge is 2.33. The average molecular weight is 677 g/mol. The molecule has 6 aromatic carbocycles. The average Bonchev–Trinajstić information content (AvgIpc) is 3.75. The molecule has 2 aromatic heterocycles. The van der Waals surface area contributed by atoms with Crippen LogP contribution in [0.3, 0.4) is 0 Å². The van der Waals surface area contributed by atoms with Gasteiger partial charge in [0, 0.05) is 84.9 Å². The number of fused-ring (bicyclic) bond motifs is 9. The first-order valence-electron chi connectivity index (χ1n) is 15.3. The van der Waals surface area contributed by atoms with Gasteiger partial charge in [-0.3, -0.25) is 0 Å². The molecule has 0 fully saturated rings. The number of thiophene rings is 2. The van der Waals surface area contributed by atoms with Crippen molar-refractivity contribution in [3.05, 3.63) is 143 Å². The number of terminal acetylenes is 2. The molecule has 0 N–H and O–H groups in total. The van der Waals surface area contributed by atoms with Crippen LogP contribution in [0.2, 0.25) is 0 Å². The molecule has 0 saturated heterocycles. The van der Waals surface area contributed by atoms with E-state index in [1.807, 2.05) is 48.5 Å². The fourth-order valence-corrected chi connectivity index (χ4v) is 10.2. The summed E-state index contributed by atoms with van der Waals surface area (Å²) < 4.78 is 31.6. The molecule has 0 unspecified atom stereocenters. The molecular formula is C44H20O2S3. The summed E-state index contributed by atoms with van der Waals surface area (Å²) in [6.45, 7) is 0. The topological polar surface area (TPSA) is 34.1 Å². The van der Waals surface area contributed by atoms with Crippen LogP contribution in [0.4, 0.5) is 0 Å². The predicted octanol–water partition coefficient (Wildman–Crippen LogP) is 10.00. The molecule has 0 amide bonds. The summed E-state index contributed by atoms with van der Waals surface area (Å²) in [5, 5.41) is 4.48. The maximum Gasteiger partial charge on any atom is 0.207 e. The van der Waals surface area contributed by atoms with Gasteiger partial charge < -0.3 is 0 Å². The fraction of sp³-hybridized carbons (Fsp3) is 0. The Labute approximate surface area is 291 Å². The van der Waals surface area contributed by atoms with Gasteiger partial charge in [0.1, 0.15) is 0 Å². The molecule has 0 spiro atoms. The highest BCUT2D eigenvalue weighted by atomic mass is 32.2. The van der Waals surface area contributed by atoms with Crippen LogP contribution in [0.1, 0.15) is 33.4 Å². The minimum absolute atomic E-state index is 0.287. The molecule has 1 aliphatic rings. The van der Waals surface area contributed by atoms with E-state index in [-0.39, 0.29) is 9.79 Å². The van der Waals surface area contributed by atoms with Crippen molar-refractivity contribution in [1.82, 2.24) is 0 Å². The maximum atomic E-state index is 13.5. The molecule has 3 heterocycles. The Morgan fingerprint density at radius 2 is 0.714 bits per heavy atom. The van der Waals surface area contributed by atoms with E-state index >= 15 is 0 Å². The van der Waals surface area contributed by atoms with Crippen molar-refractivity contribution in [2.24, 2.45) is 0 Å². The second-order valence-electron chi connectivity index (χ2n) is 11.8. The van der Waals surface area contributed by atoms with Gasteiger partial charge in [0.2, 0.25) is 9.84 Å². The number of benzene rings is 6. The van der Waals surface area contributed by atoms with Crippen LogP contribution in [-0.2, 0) is 9.84 Å². The van der Waals surface area contributed by atoms with E-state index < -0.39 is 9.84 Å². The molecular weight excluding hydrogens is 657 g/mol. The fourth-order valence-electron chi connectivity index (χ4n) is 6.40. The predicted molar refractivity (Wildman–Crippen MR) is 204 cm³/mol. The second kappa shape index (κ2) is 11.0. The van der Waals surface area contributed by atoms with Gasteiger partial charge in [-0.1, -0.05) is 35.5 Å². The smallest absolute Gasteiger partial charge is 0.207 e. The number of sulfone groups is 1. The van der Waals surface area contributed by atoms with Gasteiger partial charge in [-0.25, -0.2) is 8.42 Å². The largest absolute Gasteiger partial charge is 0.218 e. The van der Waals surface area contributed by atoms with Gasteiger partial charge in [0.05, 0.1) is 9.79 Å². The highest BCUT2D eigenvalue weighted by Crippen LogP contribution is 2.44. The first kappa shape index (κ1) is 29.1. The Bertz CT molecular complexity index is 2890. The number of hydrogen-bond acceptors (Lipinski definition) is 4. The Balaban J connectivity index is 1.06. The molecule has 0 radical (unpaired) electrons. The molecule has 0 aliphatic carbocycles. The molecule has 49 heavy (non-hydrogen) atoms. The molecule has 5 heteroatoms. The summed E-state index contributed by atoms with van der Waals surface area (Å²) in [7, 11) is -3.64. The lowest BCUT2D eigenvalue weighted by molar-refractivity contribution is 0.598. The van der Waals surface area contributed by atoms with Crippen molar-refractivity contribution in [3.63, 3.8) is 0 Å². The summed E-state index contributed by atoms with van der Waals surface area (Å²) in [6.07, 6.45) is 11.3. The Morgan fingerprint density at radius 3 is 1.08 bits per heavy atom. The lowest BCUT2D eigenvalue weighted by atomic mass is 10.0. The summed E-state index contributed by atoms with van der Waals surface area (Å²) in [5.74, 6) is 18.5. The van der Waals surface area contributed by atoms with Crippen LogP contribution in [0.5, 0.6) is 0 Å². The monoisotopic (exact) mass is 676 g/mol. The van der Waals surface area contributed by atoms with Crippen LogP contribution in [0, 0.1) is 48.4 Å². The van der Waals surface area contributed by atoms with E-state index in [4.69, 9.17) is 12.8 Å². The van der Waals surface area contributed by atoms with Gasteiger partial charge >= 0.3 is 0 Å². The zero-order valence-corrected chi connectivity index (χ0v) is 28.0. The van der Waals surface area contributed by atoms with Crippen LogP contribution in [-0.4, -0.2) is 8.42 Å². The third-order valence-corrected chi connectivity index (χ3v) is 13.0. The van der Waals surface area contributed by atoms with Crippen LogP contribution in [0.15, 0.2) is 119 Å². The van der Waals surface area contributed by atoms with Crippen LogP contribution < -0.4 is 0 Å². The first-order valence-corrected chi connectivity index (χ1v) is 18.4. The Kier molecular flexibility index (Phi) is 6.54. The van der Waals surface area contributed by atoms with Gasteiger partial charge in [-0.05, 0) is 109 Å². The van der Waals surface area contributed by atoms with Gasteiger partial charge in [-0.2, -0.15) is 0 Å². The van der Waals surface area contributed by atoms with E-state index in [2.05, 4.69) is 71.9 Å². The van der Waals surface area contributed by atoms with Gasteiger partial charge in [-0.15, -0.1) is 35.5 Å². The lowest BCUT2D eigenvalue weighted by Crippen LogP contribution is -1.96. The third kappa shape index (κ3) is 4.81. The molecule has 8 aromatic rings. The van der Waals surface area contributed by atoms with Crippen molar-refractivity contribution in [1.29, 1.82) is 0 Å². The van der Waals surface area contributed by atoms with Crippen molar-refractivity contribution >= 4 is 72.9 Å². The summed E-state index contributed by atoms with van der Waals surface area (Å²) in [4.78, 5) is 0.574. The summed E-state index contributed by atoms with van der Waals surface area (Å²) in [5.41, 5.74) is 6.17. The highest BCUT2D eigenvalue weighted by molar-refractivity contribution is 7.92. The Morgan fingerprint density at radius 1 is 0.408 bits per heavy atom. The number of rotatable bonds is 0. The standard InChI is InChI=1S/C44H20O2S3/c1-3-27-9-15-39-33(21-27)35-23-29(11-17-41(35)47-39)5-7-31-13-19-43-37(25-31)38-26-32(14-20-44(38)49(43,45)46)8-6-30-12-18-42-36(24-30)34-22-28(4-2)10-16-40(34)48-42/h1-2,9-26H. The normalized spacial score (nSPS) is 12.4. The van der Waals surface area contributed by atoms with Gasteiger partial charge in [0.25, 0.3) is 0 Å². The third-order valence-electron chi connectivity index (χ3n) is 8.80. The zero-order chi connectivity index (χ0) is 33.3. The van der Waals surface area contributed by atoms with E-state index in [1.165, 1.54) is 18.8 Å². The molecule has 9 rings (SSSR count). The molecule has 226 valence electrons. The van der Waals surface area contributed by atoms with E-state index in [1.54, 1.807) is 46.9 Å². The first-order chi connectivity index (χ1) is 23.9. The van der Waals surface area contributed by atoms with E-state index in [0.29, 0.717) is 11.1 Å². The van der Waals surface area contributed by atoms with Crippen LogP contribution >= 0.6 is 22.7 Å². The number of hydrogen-bond donors (Lipinski definition) is 0. The lowest BCUT2D eigenvalue weighted by Gasteiger charge is -2.01. The van der Waals surface area contributed by atoms with E-state index in [9.17, 15) is 8.42 Å². The van der Waals surface area contributed by atoms with Crippen molar-refractivity contribution in [2.75, 3.05) is 0 Å². The van der Waals surface area contributed by atoms with Gasteiger partial charge in [0.15, 0.2) is 0 Å². The summed E-state index contributed by atoms with van der Waals surface area (Å²) in [6, 6.07) is 35.1. The SMILES string of the molecule is C#Cc1ccc2sc3ccc(C#Cc4ccc5c(c4)-c4cc(C#Cc6ccc7sc8ccc(C#C)cc8c7c6)ccc4S5(=O)=O)cc3c2c1. The molecule has 0 saturated carbocycles. The van der Waals surface area contributed by atoms with Crippen molar-refractivity contribution < 1.29 is 8.42 Å². The summed E-state index contributed by atoms with van der Waals surface area (Å²) >= 11 is 3.45. The minimum Gasteiger partial charge on any atom is -0.218 e. The zero-order valence-electron chi connectivity index (χ0n) is 25.6. The molecule has 0 atom stereocenters. The van der Waals surface area contributed by atoms with E-state index in [0.717, 1.165) is 54.9 Å². The van der Waals surface area contributed by atoms with Crippen molar-refractivity contribution in [3.8, 4) is 59.5 Å². The Hall–Kier alpha value is -6.05. The minimum atomic E-state index is -3.64. The van der Waals surface area contributed by atoms with Crippen LogP contribution in [0.25, 0.3) is 51.5 Å². The molecule has 2 nitrogen and oxygen atoms in total. The second-order valence-corrected chi connectivity index (χ2v) is 15.8. The maximum absolute atomic E-state index is 13.5. The molecule has 0 bridgehead atoms. The molecule has 1 aliphatic heterocycles.